The van der Waals surface area contributed by atoms with Crippen molar-refractivity contribution in [2.45, 2.75) is 19.8 Å². The van der Waals surface area contributed by atoms with Gasteiger partial charge in [-0.15, -0.1) is 0 Å². The highest BCUT2D eigenvalue weighted by Gasteiger charge is 2.11. The largest absolute Gasteiger partial charge is 0.496 e. The van der Waals surface area contributed by atoms with E-state index in [4.69, 9.17) is 9.47 Å². The van der Waals surface area contributed by atoms with Gasteiger partial charge < -0.3 is 9.47 Å². The molecule has 0 aliphatic rings. The number of ether oxygens (including phenoxy) is 2. The van der Waals surface area contributed by atoms with Gasteiger partial charge in [0.05, 0.1) is 19.9 Å². The maximum absolute atomic E-state index is 5.41. The molecule has 1 aromatic carbocycles. The van der Waals surface area contributed by atoms with Crippen LogP contribution in [0.2, 0.25) is 0 Å². The molecule has 0 fully saturated rings. The third-order valence-electron chi connectivity index (χ3n) is 2.98. The smallest absolute Gasteiger partial charge is 0.316 e. The van der Waals surface area contributed by atoms with Crippen molar-refractivity contribution in [3.05, 3.63) is 36.0 Å². The predicted octanol–water partition coefficient (Wildman–Crippen LogP) is 3.28. The van der Waals surface area contributed by atoms with Gasteiger partial charge in [-0.2, -0.15) is 4.98 Å². The fourth-order valence-electron chi connectivity index (χ4n) is 1.87. The van der Waals surface area contributed by atoms with Gasteiger partial charge in [0.25, 0.3) is 0 Å². The average molecular weight is 258 g/mol. The summed E-state index contributed by atoms with van der Waals surface area (Å²) in [6.07, 6.45) is 1.68. The molecule has 2 aromatic rings. The topological polar surface area (TPSA) is 44.2 Å². The number of hydrogen-bond donors (Lipinski definition) is 0. The van der Waals surface area contributed by atoms with E-state index in [1.807, 2.05) is 12.1 Å². The summed E-state index contributed by atoms with van der Waals surface area (Å²) in [7, 11) is 3.22. The van der Waals surface area contributed by atoms with Crippen LogP contribution in [-0.2, 0) is 0 Å². The molecular formula is C15H18N2O2. The summed E-state index contributed by atoms with van der Waals surface area (Å²) in [5, 5.41) is 0. The maximum Gasteiger partial charge on any atom is 0.316 e. The molecule has 0 radical (unpaired) electrons. The van der Waals surface area contributed by atoms with Crippen LogP contribution < -0.4 is 9.47 Å². The molecule has 0 spiro atoms. The molecule has 0 bridgehead atoms. The highest BCUT2D eigenvalue weighted by atomic mass is 16.5. The van der Waals surface area contributed by atoms with E-state index in [1.54, 1.807) is 20.4 Å². The van der Waals surface area contributed by atoms with Crippen molar-refractivity contribution < 1.29 is 9.47 Å². The van der Waals surface area contributed by atoms with Crippen LogP contribution >= 0.6 is 0 Å². The number of rotatable bonds is 4. The van der Waals surface area contributed by atoms with Gasteiger partial charge in [0, 0.05) is 11.8 Å². The molecule has 0 saturated heterocycles. The molecule has 1 aromatic heterocycles. The van der Waals surface area contributed by atoms with E-state index in [0.717, 1.165) is 17.0 Å². The van der Waals surface area contributed by atoms with Gasteiger partial charge in [0.1, 0.15) is 5.75 Å². The van der Waals surface area contributed by atoms with Gasteiger partial charge in [-0.1, -0.05) is 19.9 Å². The van der Waals surface area contributed by atoms with E-state index in [1.165, 1.54) is 5.56 Å². The number of aromatic nitrogens is 2. The van der Waals surface area contributed by atoms with Crippen LogP contribution in [0.4, 0.5) is 0 Å². The van der Waals surface area contributed by atoms with Crippen molar-refractivity contribution >= 4 is 0 Å². The van der Waals surface area contributed by atoms with Crippen LogP contribution in [-0.4, -0.2) is 24.2 Å². The number of hydrogen-bond acceptors (Lipinski definition) is 4. The van der Waals surface area contributed by atoms with Crippen LogP contribution in [0.3, 0.4) is 0 Å². The lowest BCUT2D eigenvalue weighted by Crippen LogP contribution is -1.96. The lowest BCUT2D eigenvalue weighted by Gasteiger charge is -2.12. The van der Waals surface area contributed by atoms with Crippen molar-refractivity contribution in [1.82, 2.24) is 9.97 Å². The Labute approximate surface area is 113 Å². The molecule has 0 aliphatic carbocycles. The summed E-state index contributed by atoms with van der Waals surface area (Å²) < 4.78 is 10.5. The standard InChI is InChI=1S/C15H18N2O2/c1-10(2)11-5-6-14(18-3)12(9-11)13-7-8-16-15(17-13)19-4/h5-10H,1-4H3. The Morgan fingerprint density at radius 2 is 1.84 bits per heavy atom. The average Bonchev–Trinajstić information content (AvgIpc) is 2.46. The Bertz CT molecular complexity index is 568. The minimum absolute atomic E-state index is 0.356. The third kappa shape index (κ3) is 2.84. The zero-order valence-corrected chi connectivity index (χ0v) is 11.7. The Kier molecular flexibility index (Phi) is 4.00. The molecule has 0 N–H and O–H groups in total. The lowest BCUT2D eigenvalue weighted by molar-refractivity contribution is 0.380. The van der Waals surface area contributed by atoms with E-state index in [-0.39, 0.29) is 0 Å². The zero-order chi connectivity index (χ0) is 13.8. The number of methoxy groups -OCH3 is 2. The molecule has 0 unspecified atom stereocenters. The van der Waals surface area contributed by atoms with Crippen LogP contribution in [0, 0.1) is 0 Å². The van der Waals surface area contributed by atoms with Crippen molar-refractivity contribution in [3.8, 4) is 23.0 Å². The molecule has 0 amide bonds. The normalized spacial score (nSPS) is 10.6. The van der Waals surface area contributed by atoms with E-state index >= 15 is 0 Å². The second-order valence-electron chi connectivity index (χ2n) is 4.54. The SMILES string of the molecule is COc1nccc(-c2cc(C(C)C)ccc2OC)n1. The first kappa shape index (κ1) is 13.3. The third-order valence-corrected chi connectivity index (χ3v) is 2.98. The van der Waals surface area contributed by atoms with E-state index < -0.39 is 0 Å². The summed E-state index contributed by atoms with van der Waals surface area (Å²) in [4.78, 5) is 8.38. The first-order valence-electron chi connectivity index (χ1n) is 6.21. The summed E-state index contributed by atoms with van der Waals surface area (Å²) in [5.41, 5.74) is 2.99. The minimum Gasteiger partial charge on any atom is -0.496 e. The second kappa shape index (κ2) is 5.69. The van der Waals surface area contributed by atoms with E-state index in [2.05, 4.69) is 35.9 Å². The summed E-state index contributed by atoms with van der Waals surface area (Å²) in [5.74, 6) is 1.25. The molecular weight excluding hydrogens is 240 g/mol. The van der Waals surface area contributed by atoms with Crippen molar-refractivity contribution in [2.24, 2.45) is 0 Å². The Morgan fingerprint density at radius 3 is 2.47 bits per heavy atom. The quantitative estimate of drug-likeness (QED) is 0.844. The fourth-order valence-corrected chi connectivity index (χ4v) is 1.87. The van der Waals surface area contributed by atoms with Crippen molar-refractivity contribution in [1.29, 1.82) is 0 Å². The molecule has 1 heterocycles. The predicted molar refractivity (Wildman–Crippen MR) is 74.7 cm³/mol. The number of benzene rings is 1. The van der Waals surface area contributed by atoms with Crippen LogP contribution in [0.15, 0.2) is 30.5 Å². The first-order chi connectivity index (χ1) is 9.15. The first-order valence-corrected chi connectivity index (χ1v) is 6.21. The van der Waals surface area contributed by atoms with Crippen LogP contribution in [0.1, 0.15) is 25.3 Å². The molecule has 4 nitrogen and oxygen atoms in total. The summed E-state index contributed by atoms with van der Waals surface area (Å²) in [6.45, 7) is 4.32. The Balaban J connectivity index is 2.54. The summed E-state index contributed by atoms with van der Waals surface area (Å²) >= 11 is 0. The Morgan fingerprint density at radius 1 is 1.05 bits per heavy atom. The van der Waals surface area contributed by atoms with Gasteiger partial charge >= 0.3 is 6.01 Å². The van der Waals surface area contributed by atoms with Gasteiger partial charge in [-0.3, -0.25) is 0 Å². The highest BCUT2D eigenvalue weighted by Crippen LogP contribution is 2.32. The van der Waals surface area contributed by atoms with Crippen LogP contribution in [0.5, 0.6) is 11.8 Å². The van der Waals surface area contributed by atoms with Crippen molar-refractivity contribution in [2.75, 3.05) is 14.2 Å². The zero-order valence-electron chi connectivity index (χ0n) is 11.7. The lowest BCUT2D eigenvalue weighted by atomic mass is 9.99. The van der Waals surface area contributed by atoms with Crippen LogP contribution in [0.25, 0.3) is 11.3 Å². The highest BCUT2D eigenvalue weighted by molar-refractivity contribution is 5.68. The molecule has 19 heavy (non-hydrogen) atoms. The fraction of sp³-hybridized carbons (Fsp3) is 0.333. The molecule has 100 valence electrons. The van der Waals surface area contributed by atoms with Gasteiger partial charge in [0.2, 0.25) is 0 Å². The monoisotopic (exact) mass is 258 g/mol. The van der Waals surface area contributed by atoms with Gasteiger partial charge in [0.15, 0.2) is 0 Å². The van der Waals surface area contributed by atoms with Crippen molar-refractivity contribution in [3.63, 3.8) is 0 Å². The van der Waals surface area contributed by atoms with E-state index in [9.17, 15) is 0 Å². The van der Waals surface area contributed by atoms with E-state index in [0.29, 0.717) is 11.9 Å². The molecule has 0 atom stereocenters. The summed E-state index contributed by atoms with van der Waals surface area (Å²) in [6, 6.07) is 8.36. The molecule has 0 aliphatic heterocycles. The molecule has 2 rings (SSSR count). The molecule has 0 saturated carbocycles. The number of nitrogens with zero attached hydrogens (tertiary/aromatic N) is 2. The van der Waals surface area contributed by atoms with Gasteiger partial charge in [-0.25, -0.2) is 4.98 Å². The maximum atomic E-state index is 5.41. The van der Waals surface area contributed by atoms with Gasteiger partial charge in [-0.05, 0) is 29.7 Å². The second-order valence-corrected chi connectivity index (χ2v) is 4.54. The molecule has 4 heteroatoms. The minimum atomic E-state index is 0.356. The Hall–Kier alpha value is -2.10.